The Morgan fingerprint density at radius 1 is 1.33 bits per heavy atom. The fraction of sp³-hybridized carbons (Fsp3) is 0.308. The molecule has 0 saturated heterocycles. The lowest BCUT2D eigenvalue weighted by molar-refractivity contribution is -0.141. The lowest BCUT2D eigenvalue weighted by atomic mass is 10.1. The molecule has 0 radical (unpaired) electrons. The molecule has 0 N–H and O–H groups in total. The van der Waals surface area contributed by atoms with Gasteiger partial charge in [-0.3, -0.25) is 4.79 Å². The molecule has 1 aromatic heterocycles. The van der Waals surface area contributed by atoms with E-state index < -0.39 is 17.8 Å². The number of aldehydes is 1. The lowest BCUT2D eigenvalue weighted by Gasteiger charge is -2.10. The van der Waals surface area contributed by atoms with E-state index in [1.807, 2.05) is 0 Å². The molecule has 0 saturated carbocycles. The predicted molar refractivity (Wildman–Crippen MR) is 66.5 cm³/mol. The summed E-state index contributed by atoms with van der Waals surface area (Å²) in [4.78, 5) is 25.7. The second-order valence-corrected chi connectivity index (χ2v) is 3.89. The Morgan fingerprint density at radius 3 is 2.48 bits per heavy atom. The number of methoxy groups -OCH3 is 2. The molecule has 0 aromatic carbocycles. The highest BCUT2D eigenvalue weighted by Gasteiger charge is 2.33. The van der Waals surface area contributed by atoms with E-state index in [0.29, 0.717) is 12.4 Å². The summed E-state index contributed by atoms with van der Waals surface area (Å²) >= 11 is 0. The normalized spacial score (nSPS) is 12.1. The van der Waals surface area contributed by atoms with Crippen LogP contribution in [-0.4, -0.2) is 38.1 Å². The lowest BCUT2D eigenvalue weighted by Crippen LogP contribution is -2.13. The molecule has 21 heavy (non-hydrogen) atoms. The SMILES string of the molecule is COC/C(C=O)=C/c1nc(C(F)(F)F)ccc1C(=O)OC. The molecule has 0 fully saturated rings. The summed E-state index contributed by atoms with van der Waals surface area (Å²) in [5, 5.41) is 0. The summed E-state index contributed by atoms with van der Waals surface area (Å²) in [5.74, 6) is -0.856. The van der Waals surface area contributed by atoms with Gasteiger partial charge >= 0.3 is 12.1 Å². The molecule has 1 aromatic rings. The predicted octanol–water partition coefficient (Wildman–Crippen LogP) is 2.12. The summed E-state index contributed by atoms with van der Waals surface area (Å²) < 4.78 is 47.2. The van der Waals surface area contributed by atoms with Gasteiger partial charge in [-0.05, 0) is 18.2 Å². The molecule has 1 heterocycles. The minimum absolute atomic E-state index is 0.0366. The fourth-order valence-corrected chi connectivity index (χ4v) is 1.48. The third kappa shape index (κ3) is 4.38. The van der Waals surface area contributed by atoms with Gasteiger partial charge in [0.15, 0.2) is 0 Å². The molecule has 114 valence electrons. The van der Waals surface area contributed by atoms with Gasteiger partial charge in [0.2, 0.25) is 0 Å². The maximum Gasteiger partial charge on any atom is 0.433 e. The van der Waals surface area contributed by atoms with Crippen molar-refractivity contribution in [1.29, 1.82) is 0 Å². The molecule has 0 unspecified atom stereocenters. The molecule has 5 nitrogen and oxygen atoms in total. The standard InChI is InChI=1S/C13H12F3NO4/c1-20-7-8(6-18)5-10-9(12(19)21-2)3-4-11(17-10)13(14,15)16/h3-6H,7H2,1-2H3/b8-5+. The Bertz CT molecular complexity index is 567. The minimum Gasteiger partial charge on any atom is -0.465 e. The molecule has 0 atom stereocenters. The number of hydrogen-bond donors (Lipinski definition) is 0. The van der Waals surface area contributed by atoms with E-state index in [4.69, 9.17) is 4.74 Å². The Hall–Kier alpha value is -2.22. The molecule has 0 amide bonds. The number of rotatable bonds is 5. The van der Waals surface area contributed by atoms with Gasteiger partial charge in [0, 0.05) is 12.7 Å². The first kappa shape index (κ1) is 16.8. The van der Waals surface area contributed by atoms with Crippen LogP contribution in [0, 0.1) is 0 Å². The van der Waals surface area contributed by atoms with Crippen LogP contribution < -0.4 is 0 Å². The first-order valence-corrected chi connectivity index (χ1v) is 5.64. The summed E-state index contributed by atoms with van der Waals surface area (Å²) in [6.07, 6.45) is -3.20. The van der Waals surface area contributed by atoms with Crippen molar-refractivity contribution in [3.63, 3.8) is 0 Å². The number of esters is 1. The molecule has 8 heteroatoms. The van der Waals surface area contributed by atoms with Crippen LogP contribution in [-0.2, 0) is 20.4 Å². The zero-order chi connectivity index (χ0) is 16.0. The monoisotopic (exact) mass is 303 g/mol. The number of hydrogen-bond acceptors (Lipinski definition) is 5. The Morgan fingerprint density at radius 2 is 2.00 bits per heavy atom. The summed E-state index contributed by atoms with van der Waals surface area (Å²) in [5.41, 5.74) is -1.63. The smallest absolute Gasteiger partial charge is 0.433 e. The number of nitrogens with zero attached hydrogens (tertiary/aromatic N) is 1. The van der Waals surface area contributed by atoms with E-state index in [1.54, 1.807) is 0 Å². The van der Waals surface area contributed by atoms with Crippen LogP contribution in [0.2, 0.25) is 0 Å². The van der Waals surface area contributed by atoms with Crippen molar-refractivity contribution in [2.75, 3.05) is 20.8 Å². The summed E-state index contributed by atoms with van der Waals surface area (Å²) in [6, 6.07) is 1.61. The van der Waals surface area contributed by atoms with E-state index in [-0.39, 0.29) is 23.4 Å². The Labute approximate surface area is 118 Å². The van der Waals surface area contributed by atoms with Gasteiger partial charge in [0.05, 0.1) is 25.0 Å². The number of aromatic nitrogens is 1. The molecular weight excluding hydrogens is 291 g/mol. The molecular formula is C13H12F3NO4. The number of alkyl halides is 3. The van der Waals surface area contributed by atoms with Gasteiger partial charge in [-0.15, -0.1) is 0 Å². The van der Waals surface area contributed by atoms with Crippen LogP contribution in [0.5, 0.6) is 0 Å². The molecule has 0 spiro atoms. The van der Waals surface area contributed by atoms with Gasteiger partial charge in [-0.2, -0.15) is 13.2 Å². The van der Waals surface area contributed by atoms with E-state index in [2.05, 4.69) is 9.72 Å². The molecule has 0 aliphatic rings. The van der Waals surface area contributed by atoms with Crippen molar-refractivity contribution in [2.45, 2.75) is 6.18 Å². The third-order valence-corrected chi connectivity index (χ3v) is 2.40. The van der Waals surface area contributed by atoms with Crippen molar-refractivity contribution in [3.8, 4) is 0 Å². The quantitative estimate of drug-likeness (QED) is 0.473. The van der Waals surface area contributed by atoms with Crippen LogP contribution in [0.25, 0.3) is 6.08 Å². The summed E-state index contributed by atoms with van der Waals surface area (Å²) in [7, 11) is 2.40. The minimum atomic E-state index is -4.67. The van der Waals surface area contributed by atoms with Crippen LogP contribution >= 0.6 is 0 Å². The average Bonchev–Trinajstić information content (AvgIpc) is 2.44. The van der Waals surface area contributed by atoms with Gasteiger partial charge in [-0.25, -0.2) is 9.78 Å². The van der Waals surface area contributed by atoms with E-state index in [9.17, 15) is 22.8 Å². The number of ether oxygens (including phenoxy) is 2. The zero-order valence-corrected chi connectivity index (χ0v) is 11.2. The largest absolute Gasteiger partial charge is 0.465 e. The highest BCUT2D eigenvalue weighted by molar-refractivity contribution is 5.94. The number of carbonyl (C=O) groups is 2. The molecule has 0 aliphatic carbocycles. The maximum atomic E-state index is 12.7. The van der Waals surface area contributed by atoms with Gasteiger partial charge in [0.1, 0.15) is 12.0 Å². The number of pyridine rings is 1. The first-order valence-electron chi connectivity index (χ1n) is 5.64. The van der Waals surface area contributed by atoms with Gasteiger partial charge < -0.3 is 9.47 Å². The zero-order valence-electron chi connectivity index (χ0n) is 11.2. The maximum absolute atomic E-state index is 12.7. The Kier molecular flexibility index (Phi) is 5.60. The fourth-order valence-electron chi connectivity index (χ4n) is 1.48. The molecule has 0 aliphatic heterocycles. The van der Waals surface area contributed by atoms with Crippen LogP contribution in [0.1, 0.15) is 21.7 Å². The van der Waals surface area contributed by atoms with E-state index >= 15 is 0 Å². The highest BCUT2D eigenvalue weighted by Crippen LogP contribution is 2.28. The topological polar surface area (TPSA) is 65.5 Å². The third-order valence-electron chi connectivity index (χ3n) is 2.40. The van der Waals surface area contributed by atoms with Crippen molar-refractivity contribution >= 4 is 18.3 Å². The first-order chi connectivity index (χ1) is 9.83. The number of halogens is 3. The second kappa shape index (κ2) is 6.98. The molecule has 1 rings (SSSR count). The van der Waals surface area contributed by atoms with Gasteiger partial charge in [-0.1, -0.05) is 0 Å². The van der Waals surface area contributed by atoms with Crippen LogP contribution in [0.15, 0.2) is 17.7 Å². The van der Waals surface area contributed by atoms with E-state index in [1.165, 1.54) is 7.11 Å². The highest BCUT2D eigenvalue weighted by atomic mass is 19.4. The molecule has 0 bridgehead atoms. The van der Waals surface area contributed by atoms with Crippen molar-refractivity contribution in [3.05, 3.63) is 34.7 Å². The van der Waals surface area contributed by atoms with E-state index in [0.717, 1.165) is 19.3 Å². The second-order valence-electron chi connectivity index (χ2n) is 3.89. The van der Waals surface area contributed by atoms with Crippen molar-refractivity contribution in [1.82, 2.24) is 4.98 Å². The van der Waals surface area contributed by atoms with Gasteiger partial charge in [0.25, 0.3) is 0 Å². The van der Waals surface area contributed by atoms with Crippen LogP contribution in [0.3, 0.4) is 0 Å². The van der Waals surface area contributed by atoms with Crippen LogP contribution in [0.4, 0.5) is 13.2 Å². The Balaban J connectivity index is 3.42. The van der Waals surface area contributed by atoms with Crippen molar-refractivity contribution < 1.29 is 32.2 Å². The average molecular weight is 303 g/mol. The number of carbonyl (C=O) groups excluding carboxylic acids is 2. The van der Waals surface area contributed by atoms with Crippen molar-refractivity contribution in [2.24, 2.45) is 0 Å². The summed E-state index contributed by atoms with van der Waals surface area (Å²) in [6.45, 7) is -0.123.